The molecule has 0 unspecified atom stereocenters. The summed E-state index contributed by atoms with van der Waals surface area (Å²) in [5.74, 6) is 0.848. The number of ether oxygens (including phenoxy) is 1. The number of hydrogen-bond donors (Lipinski definition) is 2. The largest absolute Gasteiger partial charge is 0.370 e. The number of nitrogens with zero attached hydrogens (tertiary/aromatic N) is 4. The summed E-state index contributed by atoms with van der Waals surface area (Å²) in [5, 5.41) is 6.44. The van der Waals surface area contributed by atoms with Crippen molar-refractivity contribution in [3.63, 3.8) is 0 Å². The van der Waals surface area contributed by atoms with E-state index in [-0.39, 0.29) is 12.0 Å². The molecule has 0 spiro atoms. The van der Waals surface area contributed by atoms with Crippen molar-refractivity contribution in [1.82, 2.24) is 20.3 Å². The van der Waals surface area contributed by atoms with Gasteiger partial charge in [-0.15, -0.1) is 0 Å². The molecule has 1 aliphatic rings. The van der Waals surface area contributed by atoms with Crippen molar-refractivity contribution in [2.45, 2.75) is 12.7 Å². The molecule has 3 aromatic rings. The van der Waals surface area contributed by atoms with E-state index in [1.54, 1.807) is 25.2 Å². The first kappa shape index (κ1) is 20.1. The van der Waals surface area contributed by atoms with Gasteiger partial charge in [-0.05, 0) is 35.9 Å². The lowest BCUT2D eigenvalue weighted by Crippen LogP contribution is -2.53. The van der Waals surface area contributed by atoms with Gasteiger partial charge < -0.3 is 20.3 Å². The van der Waals surface area contributed by atoms with Crippen molar-refractivity contribution in [2.75, 3.05) is 30.4 Å². The predicted octanol–water partition coefficient (Wildman–Crippen LogP) is 3.03. The Hall–Kier alpha value is -3.23. The third kappa shape index (κ3) is 4.84. The molecule has 1 aromatic heterocycles. The van der Waals surface area contributed by atoms with Gasteiger partial charge in [0.25, 0.3) is 5.91 Å². The van der Waals surface area contributed by atoms with Gasteiger partial charge in [-0.2, -0.15) is 4.98 Å². The maximum absolute atomic E-state index is 11.8. The molecule has 8 nitrogen and oxygen atoms in total. The summed E-state index contributed by atoms with van der Waals surface area (Å²) in [5.41, 5.74) is 2.37. The van der Waals surface area contributed by atoms with E-state index in [1.807, 2.05) is 35.2 Å². The third-order valence-corrected chi connectivity index (χ3v) is 4.95. The number of hydrogen-bond acceptors (Lipinski definition) is 7. The fourth-order valence-corrected chi connectivity index (χ4v) is 3.14. The topological polar surface area (TPSA) is 92.3 Å². The number of aromatic nitrogens is 3. The number of carbonyl (C=O) groups is 1. The van der Waals surface area contributed by atoms with E-state index in [4.69, 9.17) is 16.3 Å². The Morgan fingerprint density at radius 1 is 1.20 bits per heavy atom. The Kier molecular flexibility index (Phi) is 6.06. The Morgan fingerprint density at radius 3 is 2.77 bits per heavy atom. The highest BCUT2D eigenvalue weighted by Gasteiger charge is 2.29. The molecule has 0 bridgehead atoms. The Bertz CT molecular complexity index is 1020. The zero-order valence-electron chi connectivity index (χ0n) is 16.4. The van der Waals surface area contributed by atoms with Crippen LogP contribution in [0.4, 0.5) is 17.6 Å². The first-order chi connectivity index (χ1) is 14.6. The van der Waals surface area contributed by atoms with Crippen molar-refractivity contribution in [3.8, 4) is 0 Å². The molecule has 9 heteroatoms. The van der Waals surface area contributed by atoms with Crippen molar-refractivity contribution in [1.29, 1.82) is 0 Å². The number of rotatable bonds is 7. The fraction of sp³-hybridized carbons (Fsp3) is 0.238. The molecule has 0 atom stereocenters. The van der Waals surface area contributed by atoms with Crippen LogP contribution in [0.5, 0.6) is 0 Å². The maximum Gasteiger partial charge on any atom is 0.251 e. The number of amides is 1. The van der Waals surface area contributed by atoms with Gasteiger partial charge in [0.2, 0.25) is 11.9 Å². The van der Waals surface area contributed by atoms with E-state index in [0.717, 1.165) is 11.3 Å². The van der Waals surface area contributed by atoms with Gasteiger partial charge in [-0.3, -0.25) is 4.79 Å². The normalized spacial score (nSPS) is 13.6. The van der Waals surface area contributed by atoms with E-state index in [0.29, 0.717) is 42.2 Å². The van der Waals surface area contributed by atoms with Gasteiger partial charge in [0.15, 0.2) is 0 Å². The minimum Gasteiger partial charge on any atom is -0.370 e. The summed E-state index contributed by atoms with van der Waals surface area (Å²) in [6.07, 6.45) is 1.59. The van der Waals surface area contributed by atoms with Crippen LogP contribution < -0.4 is 15.5 Å². The predicted molar refractivity (Wildman–Crippen MR) is 115 cm³/mol. The molecule has 4 rings (SSSR count). The zero-order valence-corrected chi connectivity index (χ0v) is 17.1. The minimum absolute atomic E-state index is 0.123. The minimum atomic E-state index is -0.153. The van der Waals surface area contributed by atoms with Gasteiger partial charge in [-0.25, -0.2) is 9.97 Å². The molecule has 1 fully saturated rings. The van der Waals surface area contributed by atoms with E-state index in [2.05, 4.69) is 25.6 Å². The van der Waals surface area contributed by atoms with Gasteiger partial charge in [0, 0.05) is 36.4 Å². The van der Waals surface area contributed by atoms with Crippen LogP contribution in [0.3, 0.4) is 0 Å². The lowest BCUT2D eigenvalue weighted by atomic mass is 10.2. The molecule has 0 saturated carbocycles. The highest BCUT2D eigenvalue weighted by molar-refractivity contribution is 6.30. The van der Waals surface area contributed by atoms with Crippen LogP contribution in [0.25, 0.3) is 0 Å². The molecular formula is C21H21ClN6O2. The van der Waals surface area contributed by atoms with Gasteiger partial charge in [0.05, 0.1) is 12.7 Å². The highest BCUT2D eigenvalue weighted by Crippen LogP contribution is 2.22. The van der Waals surface area contributed by atoms with Gasteiger partial charge >= 0.3 is 0 Å². The van der Waals surface area contributed by atoms with Gasteiger partial charge in [0.1, 0.15) is 6.33 Å². The van der Waals surface area contributed by atoms with Crippen molar-refractivity contribution in [2.24, 2.45) is 0 Å². The average molecular weight is 425 g/mol. The molecule has 154 valence electrons. The molecule has 30 heavy (non-hydrogen) atoms. The second kappa shape index (κ2) is 9.06. The van der Waals surface area contributed by atoms with Crippen LogP contribution in [0.1, 0.15) is 15.9 Å². The van der Waals surface area contributed by atoms with Crippen LogP contribution >= 0.6 is 11.6 Å². The Balaban J connectivity index is 1.32. The first-order valence-electron chi connectivity index (χ1n) is 9.50. The number of nitrogens with one attached hydrogen (secondary N) is 2. The van der Waals surface area contributed by atoms with Gasteiger partial charge in [-0.1, -0.05) is 29.8 Å². The van der Waals surface area contributed by atoms with Crippen molar-refractivity contribution < 1.29 is 9.53 Å². The molecule has 2 heterocycles. The number of anilines is 3. The molecule has 2 aromatic carbocycles. The smallest absolute Gasteiger partial charge is 0.251 e. The highest BCUT2D eigenvalue weighted by atomic mass is 35.5. The van der Waals surface area contributed by atoms with Crippen molar-refractivity contribution >= 4 is 35.1 Å². The summed E-state index contributed by atoms with van der Waals surface area (Å²) in [7, 11) is 1.60. The Labute approximate surface area is 179 Å². The number of halogens is 1. The van der Waals surface area contributed by atoms with Crippen LogP contribution in [-0.2, 0) is 11.3 Å². The van der Waals surface area contributed by atoms with Crippen LogP contribution in [0.15, 0.2) is 54.9 Å². The maximum atomic E-state index is 11.8. The number of carbonyl (C=O) groups excluding carboxylic acids is 1. The molecule has 2 N–H and O–H groups in total. The summed E-state index contributed by atoms with van der Waals surface area (Å²) in [4.78, 5) is 26.7. The average Bonchev–Trinajstić information content (AvgIpc) is 2.74. The standard InChI is InChI=1S/C21H21ClN6O2/c1-23-19(29)15-3-2-4-17(9-15)26-20-24-13-25-21(27-20)28-10-18(11-28)30-12-14-5-7-16(22)8-6-14/h2-9,13,18H,10-12H2,1H3,(H,23,29)(H,24,25,26,27). The van der Waals surface area contributed by atoms with E-state index >= 15 is 0 Å². The summed E-state index contributed by atoms with van der Waals surface area (Å²) >= 11 is 5.90. The SMILES string of the molecule is CNC(=O)c1cccc(Nc2ncnc(N3CC(OCc4ccc(Cl)cc4)C3)n2)c1. The van der Waals surface area contributed by atoms with Crippen LogP contribution in [-0.4, -0.2) is 47.1 Å². The zero-order chi connectivity index (χ0) is 20.9. The Morgan fingerprint density at radius 2 is 2.00 bits per heavy atom. The molecule has 1 amide bonds. The lowest BCUT2D eigenvalue weighted by Gasteiger charge is -2.38. The second-order valence-corrected chi connectivity index (χ2v) is 7.29. The summed E-state index contributed by atoms with van der Waals surface area (Å²) in [6.45, 7) is 1.97. The molecular weight excluding hydrogens is 404 g/mol. The molecule has 0 aliphatic carbocycles. The molecule has 1 saturated heterocycles. The number of benzene rings is 2. The molecule has 1 aliphatic heterocycles. The fourth-order valence-electron chi connectivity index (χ4n) is 3.01. The van der Waals surface area contributed by atoms with E-state index < -0.39 is 0 Å². The quantitative estimate of drug-likeness (QED) is 0.602. The summed E-state index contributed by atoms with van der Waals surface area (Å²) in [6, 6.07) is 14.8. The molecule has 0 radical (unpaired) electrons. The third-order valence-electron chi connectivity index (χ3n) is 4.70. The van der Waals surface area contributed by atoms with Crippen LogP contribution in [0.2, 0.25) is 5.02 Å². The first-order valence-corrected chi connectivity index (χ1v) is 9.88. The van der Waals surface area contributed by atoms with E-state index in [1.165, 1.54) is 6.33 Å². The lowest BCUT2D eigenvalue weighted by molar-refractivity contribution is 0.0217. The monoisotopic (exact) mass is 424 g/mol. The van der Waals surface area contributed by atoms with Crippen LogP contribution in [0, 0.1) is 0 Å². The second-order valence-electron chi connectivity index (χ2n) is 6.86. The van der Waals surface area contributed by atoms with E-state index in [9.17, 15) is 4.79 Å². The van der Waals surface area contributed by atoms with Crippen molar-refractivity contribution in [3.05, 3.63) is 71.0 Å². The summed E-state index contributed by atoms with van der Waals surface area (Å²) < 4.78 is 5.92.